The van der Waals surface area contributed by atoms with Gasteiger partial charge in [-0.3, -0.25) is 0 Å². The molecule has 0 spiro atoms. The molecule has 0 unspecified atom stereocenters. The Kier molecular flexibility index (Phi) is 5.74. The van der Waals surface area contributed by atoms with Gasteiger partial charge in [-0.25, -0.2) is 0 Å². The van der Waals surface area contributed by atoms with E-state index < -0.39 is 0 Å². The summed E-state index contributed by atoms with van der Waals surface area (Å²) in [7, 11) is 1.60. The Bertz CT molecular complexity index is 724. The van der Waals surface area contributed by atoms with Crippen LogP contribution in [0.15, 0.2) is 34.1 Å². The van der Waals surface area contributed by atoms with Gasteiger partial charge in [0.2, 0.25) is 0 Å². The molecule has 122 valence electrons. The molecule has 0 aliphatic carbocycles. The van der Waals surface area contributed by atoms with Gasteiger partial charge < -0.3 is 15.0 Å². The third-order valence-electron chi connectivity index (χ3n) is 3.39. The van der Waals surface area contributed by atoms with E-state index in [1.165, 1.54) is 4.88 Å². The van der Waals surface area contributed by atoms with Crippen molar-refractivity contribution in [1.29, 1.82) is 0 Å². The van der Waals surface area contributed by atoms with Gasteiger partial charge in [0, 0.05) is 22.9 Å². The van der Waals surface area contributed by atoms with Crippen molar-refractivity contribution in [2.24, 2.45) is 0 Å². The van der Waals surface area contributed by atoms with E-state index in [1.807, 2.05) is 30.0 Å². The van der Waals surface area contributed by atoms with Crippen LogP contribution >= 0.6 is 62.8 Å². The van der Waals surface area contributed by atoms with Gasteiger partial charge in [-0.15, -0.1) is 23.1 Å². The van der Waals surface area contributed by atoms with Crippen LogP contribution in [-0.4, -0.2) is 29.4 Å². The Labute approximate surface area is 162 Å². The highest BCUT2D eigenvalue weighted by molar-refractivity contribution is 9.11. The third-order valence-corrected chi connectivity index (χ3v) is 7.09. The first kappa shape index (κ1) is 17.4. The summed E-state index contributed by atoms with van der Waals surface area (Å²) < 4.78 is 6.31. The van der Waals surface area contributed by atoms with Crippen molar-refractivity contribution in [2.75, 3.05) is 24.7 Å². The number of thiocarbonyl (C=S) groups is 1. The molecule has 8 heteroatoms. The van der Waals surface area contributed by atoms with Gasteiger partial charge in [0.05, 0.1) is 15.9 Å². The van der Waals surface area contributed by atoms with E-state index in [0.717, 1.165) is 21.8 Å². The van der Waals surface area contributed by atoms with E-state index in [-0.39, 0.29) is 5.37 Å². The van der Waals surface area contributed by atoms with Gasteiger partial charge in [-0.1, -0.05) is 11.6 Å². The lowest BCUT2D eigenvalue weighted by molar-refractivity contribution is 0.415. The summed E-state index contributed by atoms with van der Waals surface area (Å²) in [4.78, 5) is 3.52. The van der Waals surface area contributed by atoms with Crippen LogP contribution in [-0.2, 0) is 0 Å². The van der Waals surface area contributed by atoms with Crippen molar-refractivity contribution in [3.05, 3.63) is 44.0 Å². The Morgan fingerprint density at radius 2 is 2.26 bits per heavy atom. The molecular formula is C15H14BrClN2OS3. The van der Waals surface area contributed by atoms with E-state index in [4.69, 9.17) is 28.6 Å². The molecule has 1 fully saturated rings. The molecule has 1 aliphatic heterocycles. The number of thioether (sulfide) groups is 1. The first-order valence-electron chi connectivity index (χ1n) is 6.86. The number of anilines is 1. The van der Waals surface area contributed by atoms with Crippen LogP contribution in [0.4, 0.5) is 5.69 Å². The maximum atomic E-state index is 6.17. The molecule has 1 aliphatic rings. The number of ether oxygens (including phenoxy) is 1. The summed E-state index contributed by atoms with van der Waals surface area (Å²) in [5.74, 6) is 1.71. The van der Waals surface area contributed by atoms with Crippen molar-refractivity contribution in [3.8, 4) is 5.75 Å². The van der Waals surface area contributed by atoms with Crippen molar-refractivity contribution >= 4 is 73.6 Å². The molecule has 0 radical (unpaired) electrons. The number of thiophene rings is 1. The van der Waals surface area contributed by atoms with E-state index in [2.05, 4.69) is 38.3 Å². The van der Waals surface area contributed by atoms with Crippen molar-refractivity contribution < 1.29 is 4.74 Å². The molecule has 2 aromatic rings. The lowest BCUT2D eigenvalue weighted by Gasteiger charge is -2.26. The van der Waals surface area contributed by atoms with E-state index in [1.54, 1.807) is 18.4 Å². The standard InChI is InChI=1S/C15H14BrClN2OS3/c1-20-11-3-2-9(8-10(11)17)18-15(21)19-6-7-22-14(19)12-4-5-13(16)23-12/h2-5,8,14H,6-7H2,1H3,(H,18,21)/t14-/m0/s1. The zero-order valence-corrected chi connectivity index (χ0v) is 17.0. The van der Waals surface area contributed by atoms with Gasteiger partial charge in [0.1, 0.15) is 11.1 Å². The molecule has 1 aromatic carbocycles. The monoisotopic (exact) mass is 448 g/mol. The Morgan fingerprint density at radius 3 is 2.91 bits per heavy atom. The lowest BCUT2D eigenvalue weighted by Crippen LogP contribution is -2.33. The Balaban J connectivity index is 1.73. The molecule has 1 N–H and O–H groups in total. The predicted molar refractivity (Wildman–Crippen MR) is 108 cm³/mol. The van der Waals surface area contributed by atoms with E-state index in [9.17, 15) is 0 Å². The predicted octanol–water partition coefficient (Wildman–Crippen LogP) is 5.62. The molecule has 1 saturated heterocycles. The fourth-order valence-corrected chi connectivity index (χ4v) is 5.88. The number of rotatable bonds is 3. The van der Waals surface area contributed by atoms with Gasteiger partial charge >= 0.3 is 0 Å². The minimum Gasteiger partial charge on any atom is -0.495 e. The average molecular weight is 450 g/mol. The minimum atomic E-state index is 0.264. The third kappa shape index (κ3) is 3.96. The van der Waals surface area contributed by atoms with Crippen LogP contribution in [0.25, 0.3) is 0 Å². The SMILES string of the molecule is COc1ccc(NC(=S)N2CCS[C@H]2c2ccc(Br)s2)cc1Cl. The fraction of sp³-hybridized carbons (Fsp3) is 0.267. The molecule has 0 bridgehead atoms. The molecule has 23 heavy (non-hydrogen) atoms. The summed E-state index contributed by atoms with van der Waals surface area (Å²) in [6.45, 7) is 0.931. The summed E-state index contributed by atoms with van der Waals surface area (Å²) in [6.07, 6.45) is 0. The minimum absolute atomic E-state index is 0.264. The summed E-state index contributed by atoms with van der Waals surface area (Å²) >= 11 is 19.0. The summed E-state index contributed by atoms with van der Waals surface area (Å²) in [5, 5.41) is 4.82. The number of benzene rings is 1. The van der Waals surface area contributed by atoms with Crippen molar-refractivity contribution in [3.63, 3.8) is 0 Å². The van der Waals surface area contributed by atoms with Gasteiger partial charge in [0.25, 0.3) is 0 Å². The molecule has 2 heterocycles. The molecule has 0 amide bonds. The smallest absolute Gasteiger partial charge is 0.174 e. The quantitative estimate of drug-likeness (QED) is 0.613. The zero-order chi connectivity index (χ0) is 16.4. The second-order valence-corrected chi connectivity index (χ2v) is 9.31. The van der Waals surface area contributed by atoms with Crippen molar-refractivity contribution in [1.82, 2.24) is 4.90 Å². The zero-order valence-electron chi connectivity index (χ0n) is 12.2. The molecular weight excluding hydrogens is 436 g/mol. The van der Waals surface area contributed by atoms with Gasteiger partial charge in [-0.05, 0) is 58.5 Å². The topological polar surface area (TPSA) is 24.5 Å². The van der Waals surface area contributed by atoms with E-state index >= 15 is 0 Å². The van der Waals surface area contributed by atoms with Crippen LogP contribution in [0.1, 0.15) is 10.3 Å². The van der Waals surface area contributed by atoms with Crippen molar-refractivity contribution in [2.45, 2.75) is 5.37 Å². The highest BCUT2D eigenvalue weighted by Crippen LogP contribution is 2.42. The second kappa shape index (κ2) is 7.61. The highest BCUT2D eigenvalue weighted by atomic mass is 79.9. The number of hydrogen-bond acceptors (Lipinski definition) is 4. The van der Waals surface area contributed by atoms with Gasteiger partial charge in [0.15, 0.2) is 5.11 Å². The highest BCUT2D eigenvalue weighted by Gasteiger charge is 2.29. The Morgan fingerprint density at radius 1 is 1.43 bits per heavy atom. The number of hydrogen-bond donors (Lipinski definition) is 1. The van der Waals surface area contributed by atoms with Crippen LogP contribution in [0.2, 0.25) is 5.02 Å². The first-order chi connectivity index (χ1) is 11.1. The normalized spacial score (nSPS) is 17.3. The lowest BCUT2D eigenvalue weighted by atomic mass is 10.3. The molecule has 1 aromatic heterocycles. The van der Waals surface area contributed by atoms with Crippen LogP contribution < -0.4 is 10.1 Å². The van der Waals surface area contributed by atoms with Crippen LogP contribution in [0.3, 0.4) is 0 Å². The molecule has 3 nitrogen and oxygen atoms in total. The molecule has 1 atom stereocenters. The second-order valence-electron chi connectivity index (χ2n) is 4.84. The number of halogens is 2. The van der Waals surface area contributed by atoms with E-state index in [0.29, 0.717) is 15.9 Å². The Hall–Kier alpha value is -0.470. The van der Waals surface area contributed by atoms with Crippen LogP contribution in [0.5, 0.6) is 5.75 Å². The molecule has 3 rings (SSSR count). The summed E-state index contributed by atoms with van der Waals surface area (Å²) in [6, 6.07) is 9.80. The molecule has 0 saturated carbocycles. The maximum Gasteiger partial charge on any atom is 0.174 e. The first-order valence-corrected chi connectivity index (χ1v) is 10.3. The maximum absolute atomic E-state index is 6.17. The average Bonchev–Trinajstić information content (AvgIpc) is 3.15. The largest absolute Gasteiger partial charge is 0.495 e. The fourth-order valence-electron chi connectivity index (χ4n) is 2.31. The van der Waals surface area contributed by atoms with Gasteiger partial charge in [-0.2, -0.15) is 0 Å². The number of nitrogens with one attached hydrogen (secondary N) is 1. The number of nitrogens with zero attached hydrogens (tertiary/aromatic N) is 1. The summed E-state index contributed by atoms with van der Waals surface area (Å²) in [5.41, 5.74) is 0.865. The number of methoxy groups -OCH3 is 1. The van der Waals surface area contributed by atoms with Crippen LogP contribution in [0, 0.1) is 0 Å².